The fourth-order valence-corrected chi connectivity index (χ4v) is 3.57. The first-order chi connectivity index (χ1) is 13.5. The van der Waals surface area contributed by atoms with Gasteiger partial charge in [-0.05, 0) is 42.0 Å². The lowest BCUT2D eigenvalue weighted by Gasteiger charge is -2.15. The average Bonchev–Trinajstić information content (AvgIpc) is 3.23. The Kier molecular flexibility index (Phi) is 4.62. The number of nitrogens with zero attached hydrogens (tertiary/aromatic N) is 3. The fourth-order valence-electron chi connectivity index (χ4n) is 2.91. The van der Waals surface area contributed by atoms with Gasteiger partial charge in [0.05, 0.1) is 22.3 Å². The Hall–Kier alpha value is -3.52. The number of aromatic amines is 1. The summed E-state index contributed by atoms with van der Waals surface area (Å²) >= 11 is 0. The number of nitrogens with one attached hydrogen (secondary N) is 2. The lowest BCUT2D eigenvalue weighted by Crippen LogP contribution is -2.01. The average molecular weight is 391 g/mol. The van der Waals surface area contributed by atoms with E-state index in [0.717, 1.165) is 22.4 Å². The Balaban J connectivity index is 1.85. The first-order valence-corrected chi connectivity index (χ1v) is 10.4. The minimum Gasteiger partial charge on any atom is -0.340 e. The monoisotopic (exact) mass is 391 g/mol. The molecule has 1 aromatic carbocycles. The predicted octanol–water partition coefficient (Wildman–Crippen LogP) is 3.68. The number of hydrogen-bond donors (Lipinski definition) is 2. The first-order valence-electron chi connectivity index (χ1n) is 8.49. The van der Waals surface area contributed by atoms with Crippen molar-refractivity contribution >= 4 is 21.3 Å². The van der Waals surface area contributed by atoms with Crippen molar-refractivity contribution < 1.29 is 8.42 Å². The smallest absolute Gasteiger partial charge is 0.175 e. The van der Waals surface area contributed by atoms with E-state index >= 15 is 0 Å². The van der Waals surface area contributed by atoms with E-state index in [-0.39, 0.29) is 4.90 Å². The number of benzene rings is 1. The number of aromatic nitrogens is 4. The minimum atomic E-state index is -3.31. The molecule has 0 fully saturated rings. The molecule has 0 atom stereocenters. The second kappa shape index (κ2) is 7.24. The zero-order valence-corrected chi connectivity index (χ0v) is 15.8. The summed E-state index contributed by atoms with van der Waals surface area (Å²) in [5.74, 6) is 0.572. The van der Waals surface area contributed by atoms with E-state index in [1.54, 1.807) is 49.1 Å². The van der Waals surface area contributed by atoms with Gasteiger partial charge >= 0.3 is 0 Å². The zero-order chi connectivity index (χ0) is 19.6. The summed E-state index contributed by atoms with van der Waals surface area (Å²) in [6, 6.07) is 14.2. The number of hydrogen-bond acceptors (Lipinski definition) is 6. The molecular weight excluding hydrogens is 374 g/mol. The summed E-state index contributed by atoms with van der Waals surface area (Å²) in [5.41, 5.74) is 3.97. The van der Waals surface area contributed by atoms with Crippen LogP contribution >= 0.6 is 0 Å². The third kappa shape index (κ3) is 3.63. The van der Waals surface area contributed by atoms with Gasteiger partial charge in [0, 0.05) is 36.1 Å². The summed E-state index contributed by atoms with van der Waals surface area (Å²) in [7, 11) is -3.31. The van der Waals surface area contributed by atoms with Crippen LogP contribution in [0, 0.1) is 0 Å². The van der Waals surface area contributed by atoms with E-state index in [9.17, 15) is 8.42 Å². The van der Waals surface area contributed by atoms with Crippen LogP contribution in [0.3, 0.4) is 0 Å². The van der Waals surface area contributed by atoms with Crippen molar-refractivity contribution in [2.24, 2.45) is 0 Å². The van der Waals surface area contributed by atoms with Crippen LogP contribution in [0.2, 0.25) is 0 Å². The highest BCUT2D eigenvalue weighted by Gasteiger charge is 2.16. The minimum absolute atomic E-state index is 0.239. The molecule has 3 heterocycles. The Bertz CT molecular complexity index is 1210. The topological polar surface area (TPSA) is 101 Å². The second-order valence-corrected chi connectivity index (χ2v) is 8.22. The van der Waals surface area contributed by atoms with Gasteiger partial charge in [0.15, 0.2) is 9.84 Å². The molecule has 0 aliphatic carbocycles. The molecule has 0 saturated heterocycles. The van der Waals surface area contributed by atoms with Crippen LogP contribution in [0.1, 0.15) is 0 Å². The van der Waals surface area contributed by atoms with Crippen LogP contribution in [-0.4, -0.2) is 34.8 Å². The molecule has 0 spiro atoms. The second-order valence-electron chi connectivity index (χ2n) is 6.21. The lowest BCUT2D eigenvalue weighted by molar-refractivity contribution is 0.602. The van der Waals surface area contributed by atoms with E-state index < -0.39 is 9.84 Å². The molecule has 0 aliphatic heterocycles. The molecule has 4 aromatic rings. The van der Waals surface area contributed by atoms with Crippen LogP contribution in [0.5, 0.6) is 0 Å². The summed E-state index contributed by atoms with van der Waals surface area (Å²) < 4.78 is 23.7. The van der Waals surface area contributed by atoms with Crippen molar-refractivity contribution in [3.63, 3.8) is 0 Å². The third-order valence-corrected chi connectivity index (χ3v) is 5.32. The summed E-state index contributed by atoms with van der Waals surface area (Å²) in [6.45, 7) is 0. The molecule has 0 saturated carbocycles. The van der Waals surface area contributed by atoms with Gasteiger partial charge in [-0.15, -0.1) is 0 Å². The van der Waals surface area contributed by atoms with Crippen LogP contribution < -0.4 is 5.32 Å². The van der Waals surface area contributed by atoms with E-state index in [1.807, 2.05) is 24.3 Å². The molecule has 8 heteroatoms. The Morgan fingerprint density at radius 3 is 2.61 bits per heavy atom. The van der Waals surface area contributed by atoms with Gasteiger partial charge in [0.1, 0.15) is 5.82 Å². The summed E-state index contributed by atoms with van der Waals surface area (Å²) in [4.78, 5) is 9.19. The molecule has 0 amide bonds. The van der Waals surface area contributed by atoms with Gasteiger partial charge in [-0.1, -0.05) is 12.1 Å². The molecule has 28 heavy (non-hydrogen) atoms. The maximum Gasteiger partial charge on any atom is 0.175 e. The highest BCUT2D eigenvalue weighted by atomic mass is 32.2. The van der Waals surface area contributed by atoms with Gasteiger partial charge < -0.3 is 5.32 Å². The van der Waals surface area contributed by atoms with Gasteiger partial charge in [0.25, 0.3) is 0 Å². The van der Waals surface area contributed by atoms with E-state index in [0.29, 0.717) is 11.5 Å². The van der Waals surface area contributed by atoms with Crippen molar-refractivity contribution in [3.8, 4) is 22.4 Å². The first kappa shape index (κ1) is 17.9. The highest BCUT2D eigenvalue weighted by molar-refractivity contribution is 7.90. The van der Waals surface area contributed by atoms with Crippen LogP contribution in [0.25, 0.3) is 22.4 Å². The molecule has 7 nitrogen and oxygen atoms in total. The molecule has 3 aromatic heterocycles. The molecular formula is C20H17N5O2S. The van der Waals surface area contributed by atoms with E-state index in [2.05, 4.69) is 25.5 Å². The Morgan fingerprint density at radius 1 is 1.00 bits per heavy atom. The molecule has 0 unspecified atom stereocenters. The van der Waals surface area contributed by atoms with Gasteiger partial charge in [-0.2, -0.15) is 5.10 Å². The molecule has 140 valence electrons. The number of pyridine rings is 2. The Morgan fingerprint density at radius 2 is 1.89 bits per heavy atom. The highest BCUT2D eigenvalue weighted by Crippen LogP contribution is 2.36. The van der Waals surface area contributed by atoms with Crippen LogP contribution in [-0.2, 0) is 9.84 Å². The molecule has 4 rings (SSSR count). The lowest BCUT2D eigenvalue weighted by atomic mass is 10.0. The van der Waals surface area contributed by atoms with E-state index in [4.69, 9.17) is 0 Å². The molecule has 2 N–H and O–H groups in total. The third-order valence-electron chi connectivity index (χ3n) is 4.21. The zero-order valence-electron chi connectivity index (χ0n) is 15.0. The van der Waals surface area contributed by atoms with Crippen molar-refractivity contribution in [1.82, 2.24) is 20.2 Å². The molecule has 0 aliphatic rings. The van der Waals surface area contributed by atoms with Crippen molar-refractivity contribution in [2.75, 3.05) is 11.6 Å². The number of sulfone groups is 1. The van der Waals surface area contributed by atoms with Crippen molar-refractivity contribution in [3.05, 3.63) is 73.3 Å². The maximum atomic E-state index is 11.9. The van der Waals surface area contributed by atoms with Gasteiger partial charge in [-0.3, -0.25) is 10.1 Å². The molecule has 0 radical (unpaired) electrons. The summed E-state index contributed by atoms with van der Waals surface area (Å²) in [5, 5.41) is 10.1. The van der Waals surface area contributed by atoms with Crippen molar-refractivity contribution in [2.45, 2.75) is 4.90 Å². The number of anilines is 2. The van der Waals surface area contributed by atoms with Crippen LogP contribution in [0.15, 0.2) is 78.2 Å². The normalized spacial score (nSPS) is 11.3. The number of rotatable bonds is 5. The standard InChI is InChI=1S/C20H17N5O2S/c1-28(26,27)16-6-4-5-15(11-16)25-20-19(18-7-2-3-9-21-18)17(8-10-22-20)14-12-23-24-13-14/h2-13H,1H3,(H,22,25)(H,23,24). The largest absolute Gasteiger partial charge is 0.340 e. The van der Waals surface area contributed by atoms with Gasteiger partial charge in [-0.25, -0.2) is 13.4 Å². The van der Waals surface area contributed by atoms with Gasteiger partial charge in [0.2, 0.25) is 0 Å². The van der Waals surface area contributed by atoms with Crippen molar-refractivity contribution in [1.29, 1.82) is 0 Å². The number of H-pyrrole nitrogens is 1. The maximum absolute atomic E-state index is 11.9. The van der Waals surface area contributed by atoms with Crippen LogP contribution in [0.4, 0.5) is 11.5 Å². The van der Waals surface area contributed by atoms with E-state index in [1.165, 1.54) is 6.26 Å². The fraction of sp³-hybridized carbons (Fsp3) is 0.0500. The Labute approximate surface area is 162 Å². The predicted molar refractivity (Wildman–Crippen MR) is 108 cm³/mol. The SMILES string of the molecule is CS(=O)(=O)c1cccc(Nc2nccc(-c3cn[nH]c3)c2-c2ccccn2)c1. The quantitative estimate of drug-likeness (QED) is 0.538. The molecule has 0 bridgehead atoms. The summed E-state index contributed by atoms with van der Waals surface area (Å²) in [6.07, 6.45) is 8.13.